The molecule has 0 radical (unpaired) electrons. The number of amides is 2. The van der Waals surface area contributed by atoms with Crippen LogP contribution < -0.4 is 15.4 Å². The minimum Gasteiger partial charge on any atom is -0.481 e. The topological polar surface area (TPSA) is 107 Å². The van der Waals surface area contributed by atoms with Crippen molar-refractivity contribution in [2.75, 3.05) is 19.0 Å². The molecule has 0 aliphatic carbocycles. The molecule has 0 fully saturated rings. The minimum atomic E-state index is -0.876. The molecule has 0 spiro atoms. The third kappa shape index (κ3) is 6.60. The van der Waals surface area contributed by atoms with Crippen molar-refractivity contribution in [1.82, 2.24) is 10.3 Å². The van der Waals surface area contributed by atoms with E-state index >= 15 is 0 Å². The van der Waals surface area contributed by atoms with E-state index in [1.165, 1.54) is 13.3 Å². The van der Waals surface area contributed by atoms with Gasteiger partial charge in [0.25, 0.3) is 11.8 Å². The maximum atomic E-state index is 12.4. The summed E-state index contributed by atoms with van der Waals surface area (Å²) < 4.78 is 10.0. The van der Waals surface area contributed by atoms with E-state index in [1.54, 1.807) is 38.1 Å². The summed E-state index contributed by atoms with van der Waals surface area (Å²) in [6.07, 6.45) is 1.43. The van der Waals surface area contributed by atoms with Crippen LogP contribution in [0.15, 0.2) is 42.6 Å². The van der Waals surface area contributed by atoms with Crippen LogP contribution in [-0.4, -0.2) is 42.5 Å². The zero-order valence-electron chi connectivity index (χ0n) is 16.9. The molecule has 1 heterocycles. The van der Waals surface area contributed by atoms with Gasteiger partial charge in [-0.25, -0.2) is 9.78 Å². The number of methoxy groups -OCH3 is 1. The first kappa shape index (κ1) is 21.9. The quantitative estimate of drug-likeness (QED) is 0.660. The molecule has 0 aliphatic rings. The standard InChI is InChI=1S/C21H25N3O5/c1-13(2)19(24-20(26)15-7-5-14(3)6-8-15)21(27)29-12-17(25)23-16-9-10-18(28-4)22-11-16/h5-11,13,19H,12H2,1-4H3,(H,23,25)(H,24,26)/t19-/m0/s1. The Morgan fingerprint density at radius 3 is 2.31 bits per heavy atom. The van der Waals surface area contributed by atoms with Crippen molar-refractivity contribution in [3.05, 3.63) is 53.7 Å². The molecule has 0 saturated heterocycles. The lowest BCUT2D eigenvalue weighted by Crippen LogP contribution is -2.45. The van der Waals surface area contributed by atoms with Crippen LogP contribution in [0.25, 0.3) is 0 Å². The van der Waals surface area contributed by atoms with E-state index in [2.05, 4.69) is 15.6 Å². The average molecular weight is 399 g/mol. The van der Waals surface area contributed by atoms with Gasteiger partial charge in [0.15, 0.2) is 6.61 Å². The summed E-state index contributed by atoms with van der Waals surface area (Å²) in [5.41, 5.74) is 1.91. The van der Waals surface area contributed by atoms with Crippen LogP contribution in [0.2, 0.25) is 0 Å². The molecule has 1 atom stereocenters. The summed E-state index contributed by atoms with van der Waals surface area (Å²) in [6.45, 7) is 5.01. The number of hydrogen-bond acceptors (Lipinski definition) is 6. The van der Waals surface area contributed by atoms with Gasteiger partial charge in [-0.3, -0.25) is 9.59 Å². The van der Waals surface area contributed by atoms with Crippen LogP contribution in [0.5, 0.6) is 5.88 Å². The van der Waals surface area contributed by atoms with E-state index in [4.69, 9.17) is 9.47 Å². The molecule has 29 heavy (non-hydrogen) atoms. The fraction of sp³-hybridized carbons (Fsp3) is 0.333. The molecular formula is C21H25N3O5. The normalized spacial score (nSPS) is 11.5. The number of nitrogens with zero attached hydrogens (tertiary/aromatic N) is 1. The fourth-order valence-corrected chi connectivity index (χ4v) is 2.43. The highest BCUT2D eigenvalue weighted by Gasteiger charge is 2.26. The first-order valence-corrected chi connectivity index (χ1v) is 9.14. The van der Waals surface area contributed by atoms with Gasteiger partial charge < -0.3 is 20.1 Å². The molecule has 0 unspecified atom stereocenters. The minimum absolute atomic E-state index is 0.217. The molecule has 0 saturated carbocycles. The Labute approximate surface area is 169 Å². The van der Waals surface area contributed by atoms with Crippen LogP contribution in [0.3, 0.4) is 0 Å². The second-order valence-corrected chi connectivity index (χ2v) is 6.81. The predicted molar refractivity (Wildman–Crippen MR) is 108 cm³/mol. The van der Waals surface area contributed by atoms with Crippen molar-refractivity contribution in [1.29, 1.82) is 0 Å². The number of rotatable bonds is 8. The third-order valence-corrected chi connectivity index (χ3v) is 4.10. The Bertz CT molecular complexity index is 848. The number of aryl methyl sites for hydroxylation is 1. The number of benzene rings is 1. The Morgan fingerprint density at radius 2 is 1.76 bits per heavy atom. The van der Waals surface area contributed by atoms with Gasteiger partial charge in [-0.2, -0.15) is 0 Å². The van der Waals surface area contributed by atoms with Crippen molar-refractivity contribution in [2.24, 2.45) is 5.92 Å². The lowest BCUT2D eigenvalue weighted by molar-refractivity contribution is -0.150. The highest BCUT2D eigenvalue weighted by molar-refractivity contribution is 5.97. The van der Waals surface area contributed by atoms with E-state index in [0.29, 0.717) is 17.1 Å². The van der Waals surface area contributed by atoms with Crippen LogP contribution in [-0.2, 0) is 14.3 Å². The van der Waals surface area contributed by atoms with Gasteiger partial charge in [0.1, 0.15) is 6.04 Å². The van der Waals surface area contributed by atoms with E-state index in [9.17, 15) is 14.4 Å². The van der Waals surface area contributed by atoms with Crippen molar-refractivity contribution in [2.45, 2.75) is 26.8 Å². The van der Waals surface area contributed by atoms with Gasteiger partial charge in [-0.05, 0) is 31.0 Å². The van der Waals surface area contributed by atoms with E-state index in [0.717, 1.165) is 5.56 Å². The molecule has 2 rings (SSSR count). The molecular weight excluding hydrogens is 374 g/mol. The van der Waals surface area contributed by atoms with E-state index in [-0.39, 0.29) is 11.8 Å². The van der Waals surface area contributed by atoms with Gasteiger partial charge in [-0.1, -0.05) is 31.5 Å². The first-order chi connectivity index (χ1) is 13.8. The second-order valence-electron chi connectivity index (χ2n) is 6.81. The van der Waals surface area contributed by atoms with Gasteiger partial charge in [0, 0.05) is 11.6 Å². The summed E-state index contributed by atoms with van der Waals surface area (Å²) in [4.78, 5) is 40.8. The Kier molecular flexibility index (Phi) is 7.70. The second kappa shape index (κ2) is 10.2. The molecule has 2 N–H and O–H groups in total. The molecule has 0 bridgehead atoms. The average Bonchev–Trinajstić information content (AvgIpc) is 2.71. The highest BCUT2D eigenvalue weighted by atomic mass is 16.5. The van der Waals surface area contributed by atoms with Crippen LogP contribution in [0.4, 0.5) is 5.69 Å². The van der Waals surface area contributed by atoms with Crippen LogP contribution >= 0.6 is 0 Å². The molecule has 2 aromatic rings. The molecule has 0 aliphatic heterocycles. The Hall–Kier alpha value is -3.42. The fourth-order valence-electron chi connectivity index (χ4n) is 2.43. The Morgan fingerprint density at radius 1 is 1.07 bits per heavy atom. The zero-order valence-corrected chi connectivity index (χ0v) is 16.9. The van der Waals surface area contributed by atoms with Crippen LogP contribution in [0, 0.1) is 12.8 Å². The van der Waals surface area contributed by atoms with Gasteiger partial charge in [0.05, 0.1) is 19.0 Å². The smallest absolute Gasteiger partial charge is 0.329 e. The Balaban J connectivity index is 1.90. The van der Waals surface area contributed by atoms with Gasteiger partial charge >= 0.3 is 5.97 Å². The monoisotopic (exact) mass is 399 g/mol. The van der Waals surface area contributed by atoms with Gasteiger partial charge in [-0.15, -0.1) is 0 Å². The summed E-state index contributed by atoms with van der Waals surface area (Å²) in [5.74, 6) is -1.38. The third-order valence-electron chi connectivity index (χ3n) is 4.10. The number of esters is 1. The maximum Gasteiger partial charge on any atom is 0.329 e. The van der Waals surface area contributed by atoms with Crippen LogP contribution in [0.1, 0.15) is 29.8 Å². The first-order valence-electron chi connectivity index (χ1n) is 9.14. The number of carbonyl (C=O) groups is 3. The predicted octanol–water partition coefficient (Wildman–Crippen LogP) is 2.33. The molecule has 8 nitrogen and oxygen atoms in total. The molecule has 2 amide bonds. The summed E-state index contributed by atoms with van der Waals surface area (Å²) in [6, 6.07) is 9.33. The highest BCUT2D eigenvalue weighted by Crippen LogP contribution is 2.11. The summed E-state index contributed by atoms with van der Waals surface area (Å²) in [5, 5.41) is 5.24. The largest absolute Gasteiger partial charge is 0.481 e. The lowest BCUT2D eigenvalue weighted by atomic mass is 10.0. The molecule has 154 valence electrons. The SMILES string of the molecule is COc1ccc(NC(=O)COC(=O)[C@@H](NC(=O)c2ccc(C)cc2)C(C)C)cn1. The maximum absolute atomic E-state index is 12.4. The number of nitrogens with one attached hydrogen (secondary N) is 2. The molecule has 1 aromatic carbocycles. The number of hydrogen-bond donors (Lipinski definition) is 2. The van der Waals surface area contributed by atoms with Crippen molar-refractivity contribution >= 4 is 23.5 Å². The number of carbonyl (C=O) groups excluding carboxylic acids is 3. The van der Waals surface area contributed by atoms with Crippen molar-refractivity contribution in [3.63, 3.8) is 0 Å². The van der Waals surface area contributed by atoms with Gasteiger partial charge in [0.2, 0.25) is 5.88 Å². The zero-order chi connectivity index (χ0) is 21.4. The van der Waals surface area contributed by atoms with E-state index < -0.39 is 24.5 Å². The molecule has 8 heteroatoms. The van der Waals surface area contributed by atoms with Crippen molar-refractivity contribution < 1.29 is 23.9 Å². The number of pyridine rings is 1. The summed E-state index contributed by atoms with van der Waals surface area (Å²) in [7, 11) is 1.49. The summed E-state index contributed by atoms with van der Waals surface area (Å²) >= 11 is 0. The molecule has 1 aromatic heterocycles. The number of anilines is 1. The lowest BCUT2D eigenvalue weighted by Gasteiger charge is -2.20. The number of ether oxygens (including phenoxy) is 2. The number of aromatic nitrogens is 1. The van der Waals surface area contributed by atoms with E-state index in [1.807, 2.05) is 19.1 Å². The van der Waals surface area contributed by atoms with Crippen molar-refractivity contribution in [3.8, 4) is 5.88 Å².